The van der Waals surface area contributed by atoms with Crippen LogP contribution in [0, 0.1) is 5.92 Å². The fraction of sp³-hybridized carbons (Fsp3) is 0.625. The highest BCUT2D eigenvalue weighted by Crippen LogP contribution is 2.28. The highest BCUT2D eigenvalue weighted by Gasteiger charge is 2.13. The van der Waals surface area contributed by atoms with Crippen LogP contribution in [0.2, 0.25) is 5.02 Å². The maximum absolute atomic E-state index is 6.10. The van der Waals surface area contributed by atoms with Gasteiger partial charge in [-0.15, -0.1) is 0 Å². The predicted octanol–water partition coefficient (Wildman–Crippen LogP) is 4.41. The molecule has 0 unspecified atom stereocenters. The molecule has 0 aliphatic heterocycles. The van der Waals surface area contributed by atoms with Gasteiger partial charge in [0.25, 0.3) is 0 Å². The van der Waals surface area contributed by atoms with Crippen LogP contribution in [-0.4, -0.2) is 13.7 Å². The summed E-state index contributed by atoms with van der Waals surface area (Å²) in [5.74, 6) is 1.74. The Balaban J connectivity index is 1.63. The Morgan fingerprint density at radius 3 is 2.79 bits per heavy atom. The molecule has 19 heavy (non-hydrogen) atoms. The number of ether oxygens (including phenoxy) is 1. The lowest BCUT2D eigenvalue weighted by Gasteiger charge is -2.10. The van der Waals surface area contributed by atoms with Crippen LogP contribution in [0.3, 0.4) is 0 Å². The van der Waals surface area contributed by atoms with Gasteiger partial charge in [0.05, 0.1) is 12.1 Å². The monoisotopic (exact) mass is 281 g/mol. The van der Waals surface area contributed by atoms with Crippen molar-refractivity contribution >= 4 is 11.6 Å². The molecular formula is C16H24ClNO. The van der Waals surface area contributed by atoms with Crippen molar-refractivity contribution < 1.29 is 4.74 Å². The Hall–Kier alpha value is -0.730. The van der Waals surface area contributed by atoms with Crippen molar-refractivity contribution in [2.24, 2.45) is 5.92 Å². The molecular weight excluding hydrogens is 258 g/mol. The molecule has 0 spiro atoms. The molecule has 0 atom stereocenters. The Morgan fingerprint density at radius 2 is 2.11 bits per heavy atom. The molecule has 1 aliphatic carbocycles. The maximum atomic E-state index is 6.10. The van der Waals surface area contributed by atoms with Crippen molar-refractivity contribution in [3.8, 4) is 5.75 Å². The standard InChI is InChI=1S/C16H24ClNO/c1-19-16-9-8-14(11-15(16)17)12-18-10-4-7-13-5-2-3-6-13/h8-9,11,13,18H,2-7,10,12H2,1H3. The molecule has 1 aromatic rings. The third-order valence-corrected chi connectivity index (χ3v) is 4.28. The number of halogens is 1. The van der Waals surface area contributed by atoms with Crippen molar-refractivity contribution in [2.75, 3.05) is 13.7 Å². The maximum Gasteiger partial charge on any atom is 0.137 e. The summed E-state index contributed by atoms with van der Waals surface area (Å²) < 4.78 is 5.15. The first kappa shape index (κ1) is 14.7. The second-order valence-electron chi connectivity index (χ2n) is 5.44. The lowest BCUT2D eigenvalue weighted by Crippen LogP contribution is -2.15. The average Bonchev–Trinajstić information content (AvgIpc) is 2.92. The number of rotatable bonds is 7. The van der Waals surface area contributed by atoms with Crippen LogP contribution in [-0.2, 0) is 6.54 Å². The molecule has 106 valence electrons. The molecule has 3 heteroatoms. The van der Waals surface area contributed by atoms with Crippen molar-refractivity contribution in [1.29, 1.82) is 0 Å². The molecule has 0 amide bonds. The molecule has 0 bridgehead atoms. The van der Waals surface area contributed by atoms with Gasteiger partial charge in [-0.25, -0.2) is 0 Å². The molecule has 1 saturated carbocycles. The average molecular weight is 282 g/mol. The van der Waals surface area contributed by atoms with Gasteiger partial charge in [-0.05, 0) is 43.0 Å². The van der Waals surface area contributed by atoms with Crippen LogP contribution < -0.4 is 10.1 Å². The van der Waals surface area contributed by atoms with Crippen LogP contribution in [0.1, 0.15) is 44.1 Å². The van der Waals surface area contributed by atoms with Crippen LogP contribution in [0.25, 0.3) is 0 Å². The summed E-state index contributed by atoms with van der Waals surface area (Å²) in [4.78, 5) is 0. The largest absolute Gasteiger partial charge is 0.495 e. The summed E-state index contributed by atoms with van der Waals surface area (Å²) in [5.41, 5.74) is 1.21. The van der Waals surface area contributed by atoms with E-state index in [1.165, 1.54) is 44.1 Å². The van der Waals surface area contributed by atoms with E-state index < -0.39 is 0 Å². The highest BCUT2D eigenvalue weighted by atomic mass is 35.5. The van der Waals surface area contributed by atoms with E-state index in [2.05, 4.69) is 11.4 Å². The summed E-state index contributed by atoms with van der Waals surface area (Å²) >= 11 is 6.10. The minimum absolute atomic E-state index is 0.688. The Kier molecular flexibility index (Phi) is 5.99. The van der Waals surface area contributed by atoms with E-state index in [0.29, 0.717) is 5.02 Å². The quantitative estimate of drug-likeness (QED) is 0.748. The van der Waals surface area contributed by atoms with Crippen molar-refractivity contribution in [3.05, 3.63) is 28.8 Å². The molecule has 2 nitrogen and oxygen atoms in total. The summed E-state index contributed by atoms with van der Waals surface area (Å²) in [6.07, 6.45) is 8.47. The van der Waals surface area contributed by atoms with E-state index in [1.807, 2.05) is 12.1 Å². The van der Waals surface area contributed by atoms with E-state index in [4.69, 9.17) is 16.3 Å². The minimum atomic E-state index is 0.688. The molecule has 0 aromatic heterocycles. The number of hydrogen-bond acceptors (Lipinski definition) is 2. The number of methoxy groups -OCH3 is 1. The van der Waals surface area contributed by atoms with Crippen LogP contribution in [0.5, 0.6) is 5.75 Å². The van der Waals surface area contributed by atoms with Gasteiger partial charge in [0.1, 0.15) is 5.75 Å². The SMILES string of the molecule is COc1ccc(CNCCCC2CCCC2)cc1Cl. The first-order chi connectivity index (χ1) is 9.29. The Labute approximate surface area is 121 Å². The minimum Gasteiger partial charge on any atom is -0.495 e. The zero-order valence-corrected chi connectivity index (χ0v) is 12.5. The van der Waals surface area contributed by atoms with Crippen molar-refractivity contribution in [1.82, 2.24) is 5.32 Å². The van der Waals surface area contributed by atoms with Gasteiger partial charge < -0.3 is 10.1 Å². The third-order valence-electron chi connectivity index (χ3n) is 3.99. The molecule has 0 saturated heterocycles. The predicted molar refractivity (Wildman–Crippen MR) is 80.9 cm³/mol. The topological polar surface area (TPSA) is 21.3 Å². The van der Waals surface area contributed by atoms with Gasteiger partial charge in [-0.2, -0.15) is 0 Å². The smallest absolute Gasteiger partial charge is 0.137 e. The second-order valence-corrected chi connectivity index (χ2v) is 5.85. The van der Waals surface area contributed by atoms with Crippen molar-refractivity contribution in [2.45, 2.75) is 45.1 Å². The lowest BCUT2D eigenvalue weighted by molar-refractivity contribution is 0.415. The zero-order valence-electron chi connectivity index (χ0n) is 11.8. The fourth-order valence-electron chi connectivity index (χ4n) is 2.87. The molecule has 1 aliphatic rings. The molecule has 1 fully saturated rings. The van der Waals surface area contributed by atoms with Gasteiger partial charge >= 0.3 is 0 Å². The first-order valence-corrected chi connectivity index (χ1v) is 7.70. The van der Waals surface area contributed by atoms with E-state index in [0.717, 1.165) is 24.8 Å². The molecule has 1 aromatic carbocycles. The first-order valence-electron chi connectivity index (χ1n) is 7.32. The Bertz CT molecular complexity index is 388. The summed E-state index contributed by atoms with van der Waals surface area (Å²) in [7, 11) is 1.64. The third kappa shape index (κ3) is 4.70. The van der Waals surface area contributed by atoms with E-state index in [-0.39, 0.29) is 0 Å². The fourth-order valence-corrected chi connectivity index (χ4v) is 3.15. The highest BCUT2D eigenvalue weighted by molar-refractivity contribution is 6.32. The molecule has 0 radical (unpaired) electrons. The van der Waals surface area contributed by atoms with E-state index >= 15 is 0 Å². The lowest BCUT2D eigenvalue weighted by atomic mass is 10.0. The number of hydrogen-bond donors (Lipinski definition) is 1. The van der Waals surface area contributed by atoms with Gasteiger partial charge in [0.15, 0.2) is 0 Å². The van der Waals surface area contributed by atoms with Gasteiger partial charge in [0.2, 0.25) is 0 Å². The van der Waals surface area contributed by atoms with Crippen molar-refractivity contribution in [3.63, 3.8) is 0 Å². The summed E-state index contributed by atoms with van der Waals surface area (Å²) in [5, 5.41) is 4.18. The number of nitrogens with one attached hydrogen (secondary N) is 1. The van der Waals surface area contributed by atoms with Crippen LogP contribution in [0.4, 0.5) is 0 Å². The molecule has 1 N–H and O–H groups in total. The van der Waals surface area contributed by atoms with Gasteiger partial charge in [-0.3, -0.25) is 0 Å². The normalized spacial score (nSPS) is 15.9. The van der Waals surface area contributed by atoms with Crippen LogP contribution >= 0.6 is 11.6 Å². The van der Waals surface area contributed by atoms with Gasteiger partial charge in [-0.1, -0.05) is 43.4 Å². The number of benzene rings is 1. The summed E-state index contributed by atoms with van der Waals surface area (Å²) in [6, 6.07) is 5.97. The zero-order chi connectivity index (χ0) is 13.5. The van der Waals surface area contributed by atoms with Gasteiger partial charge in [0, 0.05) is 6.54 Å². The molecule has 2 rings (SSSR count). The summed E-state index contributed by atoms with van der Waals surface area (Å²) in [6.45, 7) is 1.98. The second kappa shape index (κ2) is 7.76. The van der Waals surface area contributed by atoms with E-state index in [9.17, 15) is 0 Å². The van der Waals surface area contributed by atoms with Crippen LogP contribution in [0.15, 0.2) is 18.2 Å². The Morgan fingerprint density at radius 1 is 1.32 bits per heavy atom. The van der Waals surface area contributed by atoms with E-state index in [1.54, 1.807) is 7.11 Å². The molecule has 0 heterocycles.